The molecular formula is C9H8ClF2NO3. The number of esters is 1. The fourth-order valence-corrected chi connectivity index (χ4v) is 1.33. The summed E-state index contributed by atoms with van der Waals surface area (Å²) in [4.78, 5) is 24.8. The fourth-order valence-electron chi connectivity index (χ4n) is 1.18. The van der Waals surface area contributed by atoms with Crippen molar-refractivity contribution in [3.63, 3.8) is 0 Å². The van der Waals surface area contributed by atoms with E-state index in [1.807, 2.05) is 0 Å². The van der Waals surface area contributed by atoms with Gasteiger partial charge in [0.15, 0.2) is 5.43 Å². The van der Waals surface area contributed by atoms with Crippen LogP contribution in [-0.2, 0) is 10.6 Å². The number of rotatable bonds is 3. The van der Waals surface area contributed by atoms with E-state index in [9.17, 15) is 18.4 Å². The monoisotopic (exact) mass is 251 g/mol. The minimum Gasteiger partial charge on any atom is -0.465 e. The normalized spacial score (nSPS) is 10.6. The van der Waals surface area contributed by atoms with E-state index in [2.05, 4.69) is 9.72 Å². The van der Waals surface area contributed by atoms with Gasteiger partial charge in [0.25, 0.3) is 6.43 Å². The standard InChI is InChI=1S/C9H8ClF2NO3/c1-16-9(15)6-5(14)2-4(3-10)13-7(6)8(11)12/h2,8H,3H2,1H3,(H,13,14). The molecule has 0 atom stereocenters. The second-order valence-corrected chi connectivity index (χ2v) is 3.14. The lowest BCUT2D eigenvalue weighted by atomic mass is 10.1. The molecule has 0 aromatic carbocycles. The molecule has 0 fully saturated rings. The molecule has 0 spiro atoms. The second kappa shape index (κ2) is 5.07. The third kappa shape index (κ3) is 2.38. The minimum absolute atomic E-state index is 0.120. The number of nitrogens with one attached hydrogen (secondary N) is 1. The van der Waals surface area contributed by atoms with Gasteiger partial charge in [-0.1, -0.05) is 0 Å². The molecule has 16 heavy (non-hydrogen) atoms. The van der Waals surface area contributed by atoms with Gasteiger partial charge in [-0.15, -0.1) is 11.6 Å². The van der Waals surface area contributed by atoms with Gasteiger partial charge in [0.2, 0.25) is 0 Å². The first kappa shape index (κ1) is 12.6. The summed E-state index contributed by atoms with van der Waals surface area (Å²) in [6.07, 6.45) is -2.98. The van der Waals surface area contributed by atoms with Crippen molar-refractivity contribution in [2.24, 2.45) is 0 Å². The molecule has 1 rings (SSSR count). The molecule has 1 N–H and O–H groups in total. The van der Waals surface area contributed by atoms with Gasteiger partial charge in [0.1, 0.15) is 11.3 Å². The molecule has 0 saturated carbocycles. The van der Waals surface area contributed by atoms with Crippen LogP contribution in [-0.4, -0.2) is 18.1 Å². The molecule has 1 aromatic heterocycles. The van der Waals surface area contributed by atoms with Gasteiger partial charge < -0.3 is 9.72 Å². The first-order valence-electron chi connectivity index (χ1n) is 4.19. The SMILES string of the molecule is COC(=O)c1c(C(F)F)[nH]c(CCl)cc1=O. The second-order valence-electron chi connectivity index (χ2n) is 2.87. The van der Waals surface area contributed by atoms with Crippen LogP contribution >= 0.6 is 11.6 Å². The number of halogens is 3. The summed E-state index contributed by atoms with van der Waals surface area (Å²) in [5.74, 6) is -1.23. The van der Waals surface area contributed by atoms with Crippen LogP contribution in [0.4, 0.5) is 8.78 Å². The van der Waals surface area contributed by atoms with Crippen LogP contribution < -0.4 is 5.43 Å². The van der Waals surface area contributed by atoms with Gasteiger partial charge in [-0.05, 0) is 0 Å². The lowest BCUT2D eigenvalue weighted by Crippen LogP contribution is -2.21. The molecule has 0 bridgehead atoms. The number of carbonyl (C=O) groups excluding carboxylic acids is 1. The molecule has 0 aliphatic heterocycles. The predicted octanol–water partition coefficient (Wildman–Crippen LogP) is 1.84. The highest BCUT2D eigenvalue weighted by atomic mass is 35.5. The van der Waals surface area contributed by atoms with Crippen molar-refractivity contribution in [2.45, 2.75) is 12.3 Å². The third-order valence-electron chi connectivity index (χ3n) is 1.87. The zero-order valence-corrected chi connectivity index (χ0v) is 8.98. The first-order valence-corrected chi connectivity index (χ1v) is 4.73. The zero-order valence-electron chi connectivity index (χ0n) is 8.22. The molecule has 7 heteroatoms. The van der Waals surface area contributed by atoms with Crippen LogP contribution in [0.5, 0.6) is 0 Å². The molecule has 0 aliphatic carbocycles. The lowest BCUT2D eigenvalue weighted by molar-refractivity contribution is 0.0585. The summed E-state index contributed by atoms with van der Waals surface area (Å²) in [6, 6.07) is 0.991. The summed E-state index contributed by atoms with van der Waals surface area (Å²) in [7, 11) is 1.01. The van der Waals surface area contributed by atoms with E-state index in [0.29, 0.717) is 0 Å². The summed E-state index contributed by atoms with van der Waals surface area (Å²) >= 11 is 5.41. The Morgan fingerprint density at radius 2 is 2.25 bits per heavy atom. The Kier molecular flexibility index (Phi) is 4.00. The maximum absolute atomic E-state index is 12.6. The Bertz CT molecular complexity index is 459. The average molecular weight is 252 g/mol. The van der Waals surface area contributed by atoms with Crippen molar-refractivity contribution in [2.75, 3.05) is 7.11 Å². The Morgan fingerprint density at radius 3 is 2.69 bits per heavy atom. The number of pyridine rings is 1. The molecule has 4 nitrogen and oxygen atoms in total. The van der Waals surface area contributed by atoms with E-state index in [1.165, 1.54) is 0 Å². The predicted molar refractivity (Wildman–Crippen MR) is 52.9 cm³/mol. The molecule has 0 aliphatic rings. The lowest BCUT2D eigenvalue weighted by Gasteiger charge is -2.08. The maximum atomic E-state index is 12.6. The van der Waals surface area contributed by atoms with Gasteiger partial charge in [0.05, 0.1) is 13.0 Å². The smallest absolute Gasteiger partial charge is 0.343 e. The molecule has 1 aromatic rings. The average Bonchev–Trinajstić information content (AvgIpc) is 2.26. The molecule has 1 heterocycles. The highest BCUT2D eigenvalue weighted by Crippen LogP contribution is 2.20. The number of carbonyl (C=O) groups is 1. The van der Waals surface area contributed by atoms with E-state index in [4.69, 9.17) is 11.6 Å². The number of H-pyrrole nitrogens is 1. The van der Waals surface area contributed by atoms with Crippen LogP contribution in [0.3, 0.4) is 0 Å². The number of hydrogen-bond acceptors (Lipinski definition) is 3. The van der Waals surface area contributed by atoms with Gasteiger partial charge in [0, 0.05) is 11.8 Å². The molecule has 0 amide bonds. The Balaban J connectivity index is 3.46. The quantitative estimate of drug-likeness (QED) is 0.659. The number of hydrogen-bond donors (Lipinski definition) is 1. The first-order chi connectivity index (χ1) is 7.51. The Morgan fingerprint density at radius 1 is 1.62 bits per heavy atom. The summed E-state index contributed by atoms with van der Waals surface area (Å²) in [5, 5.41) is 0. The largest absolute Gasteiger partial charge is 0.465 e. The third-order valence-corrected chi connectivity index (χ3v) is 2.16. The van der Waals surface area contributed by atoms with Crippen molar-refractivity contribution < 1.29 is 18.3 Å². The highest BCUT2D eigenvalue weighted by molar-refractivity contribution is 6.16. The number of aromatic amines is 1. The maximum Gasteiger partial charge on any atom is 0.343 e. The van der Waals surface area contributed by atoms with Crippen LogP contribution in [0.15, 0.2) is 10.9 Å². The van der Waals surface area contributed by atoms with E-state index < -0.39 is 29.1 Å². The molecule has 0 radical (unpaired) electrons. The highest BCUT2D eigenvalue weighted by Gasteiger charge is 2.23. The molecule has 0 saturated heterocycles. The van der Waals surface area contributed by atoms with E-state index >= 15 is 0 Å². The summed E-state index contributed by atoms with van der Waals surface area (Å²) < 4.78 is 29.5. The van der Waals surface area contributed by atoms with Gasteiger partial charge in [-0.2, -0.15) is 0 Å². The number of aromatic nitrogens is 1. The molecule has 88 valence electrons. The fraction of sp³-hybridized carbons (Fsp3) is 0.333. The van der Waals surface area contributed by atoms with Crippen molar-refractivity contribution in [1.82, 2.24) is 4.98 Å². The van der Waals surface area contributed by atoms with Crippen LogP contribution in [0.25, 0.3) is 0 Å². The zero-order chi connectivity index (χ0) is 12.3. The van der Waals surface area contributed by atoms with E-state index in [0.717, 1.165) is 13.2 Å². The number of ether oxygens (including phenoxy) is 1. The minimum atomic E-state index is -2.98. The summed E-state index contributed by atoms with van der Waals surface area (Å²) in [6.45, 7) is 0. The van der Waals surface area contributed by atoms with Gasteiger partial charge in [-0.3, -0.25) is 4.79 Å². The van der Waals surface area contributed by atoms with E-state index in [-0.39, 0.29) is 11.6 Å². The van der Waals surface area contributed by atoms with Crippen molar-refractivity contribution in [3.05, 3.63) is 33.2 Å². The van der Waals surface area contributed by atoms with Crippen molar-refractivity contribution in [1.29, 1.82) is 0 Å². The number of methoxy groups -OCH3 is 1. The molecular weight excluding hydrogens is 244 g/mol. The number of alkyl halides is 3. The van der Waals surface area contributed by atoms with Crippen LogP contribution in [0, 0.1) is 0 Å². The topological polar surface area (TPSA) is 59.2 Å². The van der Waals surface area contributed by atoms with Crippen LogP contribution in [0.1, 0.15) is 28.2 Å². The van der Waals surface area contributed by atoms with Crippen molar-refractivity contribution >= 4 is 17.6 Å². The van der Waals surface area contributed by atoms with Crippen LogP contribution in [0.2, 0.25) is 0 Å². The van der Waals surface area contributed by atoms with Crippen molar-refractivity contribution in [3.8, 4) is 0 Å². The van der Waals surface area contributed by atoms with Gasteiger partial charge >= 0.3 is 5.97 Å². The Hall–Kier alpha value is -1.43. The summed E-state index contributed by atoms with van der Waals surface area (Å²) in [5.41, 5.74) is -2.17. The Labute approximate surface area is 94.2 Å². The van der Waals surface area contributed by atoms with E-state index in [1.54, 1.807) is 0 Å². The molecule has 0 unspecified atom stereocenters. The van der Waals surface area contributed by atoms with Gasteiger partial charge in [-0.25, -0.2) is 13.6 Å².